The largest absolute Gasteiger partial charge is 0.458 e. The summed E-state index contributed by atoms with van der Waals surface area (Å²) in [6.45, 7) is -3.22. The number of amides is 1. The van der Waals surface area contributed by atoms with Crippen LogP contribution in [0.1, 0.15) is 35.6 Å². The van der Waals surface area contributed by atoms with Gasteiger partial charge in [0.2, 0.25) is 0 Å². The van der Waals surface area contributed by atoms with Gasteiger partial charge in [-0.2, -0.15) is 8.78 Å². The summed E-state index contributed by atoms with van der Waals surface area (Å²) >= 11 is 0. The van der Waals surface area contributed by atoms with Gasteiger partial charge >= 0.3 is 12.5 Å². The van der Waals surface area contributed by atoms with E-state index in [0.717, 1.165) is 12.1 Å². The van der Waals surface area contributed by atoms with Crippen molar-refractivity contribution in [2.24, 2.45) is 0 Å². The molecule has 6 nitrogen and oxygen atoms in total. The molecule has 1 aromatic heterocycles. The smallest absolute Gasteiger partial charge is 0.320 e. The number of carbonyl (C=O) groups is 2. The maximum atomic E-state index is 13.5. The van der Waals surface area contributed by atoms with Crippen LogP contribution in [0, 0.1) is 11.6 Å². The molecule has 0 saturated heterocycles. The number of nitrogens with one attached hydrogen (secondary N) is 1. The van der Waals surface area contributed by atoms with Gasteiger partial charge in [0.05, 0.1) is 16.6 Å². The van der Waals surface area contributed by atoms with Gasteiger partial charge in [0.15, 0.2) is 5.82 Å². The molecule has 3 aromatic rings. The lowest BCUT2D eigenvalue weighted by atomic mass is 10.2. The highest BCUT2D eigenvalue weighted by Gasteiger charge is 2.18. The van der Waals surface area contributed by atoms with Gasteiger partial charge in [-0.05, 0) is 30.7 Å². The Morgan fingerprint density at radius 3 is 2.63 bits per heavy atom. The molecule has 0 radical (unpaired) electrons. The van der Waals surface area contributed by atoms with Crippen molar-refractivity contribution in [3.63, 3.8) is 0 Å². The second-order valence-electron chi connectivity index (χ2n) is 6.31. The van der Waals surface area contributed by atoms with Gasteiger partial charge in [0.1, 0.15) is 18.2 Å². The first-order chi connectivity index (χ1) is 14.4. The Labute approximate surface area is 168 Å². The van der Waals surface area contributed by atoms with E-state index >= 15 is 0 Å². The minimum absolute atomic E-state index is 0.0420. The number of hydrogen-bond acceptors (Lipinski definition) is 4. The molecular weight excluding hydrogens is 406 g/mol. The molecule has 0 aliphatic rings. The van der Waals surface area contributed by atoms with Crippen molar-refractivity contribution in [1.29, 1.82) is 0 Å². The van der Waals surface area contributed by atoms with Gasteiger partial charge in [-0.15, -0.1) is 0 Å². The van der Waals surface area contributed by atoms with Crippen LogP contribution < -0.4 is 5.32 Å². The molecule has 0 bridgehead atoms. The summed E-state index contributed by atoms with van der Waals surface area (Å²) in [7, 11) is 0. The third kappa shape index (κ3) is 4.94. The lowest BCUT2D eigenvalue weighted by Crippen LogP contribution is -2.26. The minimum Gasteiger partial charge on any atom is -0.458 e. The summed E-state index contributed by atoms with van der Waals surface area (Å²) in [5.41, 5.74) is 0.277. The fourth-order valence-electron chi connectivity index (χ4n) is 2.83. The molecule has 0 atom stereocenters. The van der Waals surface area contributed by atoms with E-state index in [0.29, 0.717) is 16.2 Å². The number of benzene rings is 2. The second-order valence-corrected chi connectivity index (χ2v) is 6.31. The second kappa shape index (κ2) is 9.38. The topological polar surface area (TPSA) is 73.2 Å². The molecule has 0 fully saturated rings. The average Bonchev–Trinajstić information content (AvgIpc) is 3.08. The van der Waals surface area contributed by atoms with Crippen LogP contribution in [-0.4, -0.2) is 28.0 Å². The van der Waals surface area contributed by atoms with E-state index in [4.69, 9.17) is 4.74 Å². The molecule has 3 rings (SSSR count). The van der Waals surface area contributed by atoms with E-state index in [2.05, 4.69) is 10.3 Å². The summed E-state index contributed by atoms with van der Waals surface area (Å²) < 4.78 is 58.7. The van der Waals surface area contributed by atoms with E-state index in [-0.39, 0.29) is 36.3 Å². The van der Waals surface area contributed by atoms with Gasteiger partial charge in [-0.1, -0.05) is 12.1 Å². The molecule has 30 heavy (non-hydrogen) atoms. The molecule has 10 heteroatoms. The molecule has 158 valence electrons. The maximum absolute atomic E-state index is 13.5. The number of carbonyl (C=O) groups excluding carboxylic acids is 2. The fraction of sp³-hybridized carbons (Fsp3) is 0.250. The molecular formula is C20H17F4N3O3. The Morgan fingerprint density at radius 2 is 1.90 bits per heavy atom. The summed E-state index contributed by atoms with van der Waals surface area (Å²) in [4.78, 5) is 27.8. The summed E-state index contributed by atoms with van der Waals surface area (Å²) in [6.07, 6.45) is 0.0831. The van der Waals surface area contributed by atoms with Gasteiger partial charge in [0.25, 0.3) is 5.91 Å². The van der Waals surface area contributed by atoms with Crippen LogP contribution >= 0.6 is 0 Å². The first-order valence-electron chi connectivity index (χ1n) is 8.99. The van der Waals surface area contributed by atoms with Crippen molar-refractivity contribution in [2.75, 3.05) is 6.54 Å². The summed E-state index contributed by atoms with van der Waals surface area (Å²) in [5, 5.41) is 2.41. The van der Waals surface area contributed by atoms with Crippen molar-refractivity contribution >= 4 is 22.9 Å². The monoisotopic (exact) mass is 423 g/mol. The van der Waals surface area contributed by atoms with Crippen LogP contribution in [-0.2, 0) is 16.1 Å². The van der Waals surface area contributed by atoms with E-state index in [1.165, 1.54) is 6.07 Å². The number of alkyl halides is 2. The van der Waals surface area contributed by atoms with Crippen molar-refractivity contribution < 1.29 is 31.9 Å². The molecule has 1 amide bonds. The van der Waals surface area contributed by atoms with E-state index < -0.39 is 36.7 Å². The van der Waals surface area contributed by atoms with Crippen LogP contribution in [0.15, 0.2) is 42.5 Å². The quantitative estimate of drug-likeness (QED) is 0.338. The van der Waals surface area contributed by atoms with Gasteiger partial charge in [-0.3, -0.25) is 14.2 Å². The van der Waals surface area contributed by atoms with Crippen molar-refractivity contribution in [1.82, 2.24) is 14.9 Å². The maximum Gasteiger partial charge on any atom is 0.320 e. The van der Waals surface area contributed by atoms with Crippen LogP contribution in [0.2, 0.25) is 0 Å². The third-order valence-corrected chi connectivity index (χ3v) is 4.25. The number of rotatable bonds is 8. The molecule has 0 unspecified atom stereocenters. The summed E-state index contributed by atoms with van der Waals surface area (Å²) in [6, 6.07) is 8.90. The van der Waals surface area contributed by atoms with Crippen molar-refractivity contribution in [3.8, 4) is 0 Å². The van der Waals surface area contributed by atoms with E-state index in [1.807, 2.05) is 0 Å². The van der Waals surface area contributed by atoms with Gasteiger partial charge in [0, 0.05) is 19.0 Å². The molecule has 0 aliphatic carbocycles. The highest BCUT2D eigenvalue weighted by molar-refractivity contribution is 5.94. The van der Waals surface area contributed by atoms with Crippen LogP contribution in [0.3, 0.4) is 0 Å². The molecule has 2 aromatic carbocycles. The molecule has 1 heterocycles. The third-order valence-electron chi connectivity index (χ3n) is 4.25. The van der Waals surface area contributed by atoms with Crippen LogP contribution in [0.25, 0.3) is 11.0 Å². The number of hydrogen-bond donors (Lipinski definition) is 1. The first-order valence-corrected chi connectivity index (χ1v) is 8.99. The number of aromatic nitrogens is 2. The van der Waals surface area contributed by atoms with E-state index in [1.54, 1.807) is 18.2 Å². The van der Waals surface area contributed by atoms with Crippen LogP contribution in [0.5, 0.6) is 0 Å². The Balaban J connectivity index is 1.47. The number of halogens is 4. The standard InChI is InChI=1S/C20H17F4N3O3/c21-12-7-8-13(14(22)10-12)19(29)25-9-3-6-18(28)30-11-17-26-15-4-1-2-5-16(15)27(17)20(23)24/h1-2,4-5,7-8,10,20H,3,6,9,11H2,(H,25,29). The SMILES string of the molecule is O=C(CCCNC(=O)c1ccc(F)cc1F)OCc1nc2ccccc2n1C(F)F. The lowest BCUT2D eigenvalue weighted by Gasteiger charge is -2.09. The molecule has 0 spiro atoms. The van der Waals surface area contributed by atoms with E-state index in [9.17, 15) is 27.2 Å². The van der Waals surface area contributed by atoms with Crippen molar-refractivity contribution in [3.05, 3.63) is 65.5 Å². The lowest BCUT2D eigenvalue weighted by molar-refractivity contribution is -0.145. The number of nitrogens with zero attached hydrogens (tertiary/aromatic N) is 2. The highest BCUT2D eigenvalue weighted by atomic mass is 19.3. The Kier molecular flexibility index (Phi) is 6.65. The van der Waals surface area contributed by atoms with Crippen molar-refractivity contribution in [2.45, 2.75) is 26.0 Å². The Bertz CT molecular complexity index is 1070. The number of ether oxygens (including phenoxy) is 1. The zero-order valence-electron chi connectivity index (χ0n) is 15.6. The minimum atomic E-state index is -2.84. The number of fused-ring (bicyclic) bond motifs is 1. The number of esters is 1. The average molecular weight is 423 g/mol. The van der Waals surface area contributed by atoms with Crippen LogP contribution in [0.4, 0.5) is 17.6 Å². The zero-order chi connectivity index (χ0) is 21.7. The molecule has 1 N–H and O–H groups in total. The number of para-hydroxylation sites is 2. The molecule has 0 aliphatic heterocycles. The normalized spacial score (nSPS) is 11.1. The highest BCUT2D eigenvalue weighted by Crippen LogP contribution is 2.23. The predicted octanol–water partition coefficient (Wildman–Crippen LogP) is 3.96. The summed E-state index contributed by atoms with van der Waals surface area (Å²) in [5.74, 6) is -3.28. The Hall–Kier alpha value is -3.43. The zero-order valence-corrected chi connectivity index (χ0v) is 15.6. The first kappa shape index (κ1) is 21.3. The van der Waals surface area contributed by atoms with Gasteiger partial charge in [-0.25, -0.2) is 13.8 Å². The Morgan fingerprint density at radius 1 is 1.13 bits per heavy atom. The molecule has 0 saturated carbocycles. The number of imidazole rings is 1. The van der Waals surface area contributed by atoms with Gasteiger partial charge < -0.3 is 10.1 Å². The predicted molar refractivity (Wildman–Crippen MR) is 98.7 cm³/mol. The fourth-order valence-corrected chi connectivity index (χ4v) is 2.83.